The van der Waals surface area contributed by atoms with Crippen molar-refractivity contribution in [3.05, 3.63) is 39.5 Å². The van der Waals surface area contributed by atoms with Gasteiger partial charge in [-0.15, -0.1) is 0 Å². The Balaban J connectivity index is 2.73. The van der Waals surface area contributed by atoms with Crippen molar-refractivity contribution in [2.75, 3.05) is 7.11 Å². The lowest BCUT2D eigenvalue weighted by Gasteiger charge is -2.07. The van der Waals surface area contributed by atoms with Crippen molar-refractivity contribution in [1.29, 1.82) is 0 Å². The molecule has 1 aromatic carbocycles. The van der Waals surface area contributed by atoms with Crippen LogP contribution in [0.1, 0.15) is 15.9 Å². The van der Waals surface area contributed by atoms with Gasteiger partial charge in [0.05, 0.1) is 23.2 Å². The SMILES string of the molecule is COC(=O)c1ccc2nc(Cl)c(C)c(Cl)c2c1. The van der Waals surface area contributed by atoms with E-state index >= 15 is 0 Å². The molecule has 0 bridgehead atoms. The molecule has 2 aromatic rings. The lowest BCUT2D eigenvalue weighted by Crippen LogP contribution is -2.01. The molecule has 3 nitrogen and oxygen atoms in total. The third-order valence-electron chi connectivity index (χ3n) is 2.51. The molecule has 0 N–H and O–H groups in total. The van der Waals surface area contributed by atoms with Crippen molar-refractivity contribution >= 4 is 40.1 Å². The summed E-state index contributed by atoms with van der Waals surface area (Å²) in [4.78, 5) is 15.6. The minimum Gasteiger partial charge on any atom is -0.465 e. The minimum atomic E-state index is -0.407. The summed E-state index contributed by atoms with van der Waals surface area (Å²) in [7, 11) is 1.33. The summed E-state index contributed by atoms with van der Waals surface area (Å²) in [5.41, 5.74) is 1.78. The molecule has 0 saturated heterocycles. The molecule has 0 unspecified atom stereocenters. The number of rotatable bonds is 1. The molecule has 0 aliphatic heterocycles. The highest BCUT2D eigenvalue weighted by Crippen LogP contribution is 2.30. The van der Waals surface area contributed by atoms with E-state index in [0.717, 1.165) is 0 Å². The molecule has 0 aliphatic carbocycles. The molecule has 5 heteroatoms. The number of fused-ring (bicyclic) bond motifs is 1. The molecule has 0 fully saturated rings. The van der Waals surface area contributed by atoms with Gasteiger partial charge in [-0.05, 0) is 25.1 Å². The maximum absolute atomic E-state index is 11.4. The molecule has 2 rings (SSSR count). The zero-order valence-electron chi connectivity index (χ0n) is 9.25. The summed E-state index contributed by atoms with van der Waals surface area (Å²) in [6.45, 7) is 1.78. The van der Waals surface area contributed by atoms with E-state index in [-0.39, 0.29) is 0 Å². The maximum atomic E-state index is 11.4. The Morgan fingerprint density at radius 1 is 1.35 bits per heavy atom. The predicted molar refractivity (Wildman–Crippen MR) is 67.8 cm³/mol. The molecule has 1 aromatic heterocycles. The molecule has 0 amide bonds. The van der Waals surface area contributed by atoms with Gasteiger partial charge in [0, 0.05) is 10.9 Å². The summed E-state index contributed by atoms with van der Waals surface area (Å²) in [6, 6.07) is 4.97. The van der Waals surface area contributed by atoms with E-state index in [2.05, 4.69) is 9.72 Å². The van der Waals surface area contributed by atoms with Crippen molar-refractivity contribution in [2.45, 2.75) is 6.92 Å². The lowest BCUT2D eigenvalue weighted by molar-refractivity contribution is 0.0601. The van der Waals surface area contributed by atoms with Crippen LogP contribution in [0.25, 0.3) is 10.9 Å². The maximum Gasteiger partial charge on any atom is 0.337 e. The average Bonchev–Trinajstić information content (AvgIpc) is 2.35. The van der Waals surface area contributed by atoms with Crippen molar-refractivity contribution in [1.82, 2.24) is 4.98 Å². The fraction of sp³-hybridized carbons (Fsp3) is 0.167. The molecule has 0 radical (unpaired) electrons. The number of hydrogen-bond donors (Lipinski definition) is 0. The van der Waals surface area contributed by atoms with Crippen molar-refractivity contribution < 1.29 is 9.53 Å². The summed E-state index contributed by atoms with van der Waals surface area (Å²) < 4.78 is 4.65. The average molecular weight is 270 g/mol. The van der Waals surface area contributed by atoms with Gasteiger partial charge in [-0.2, -0.15) is 0 Å². The van der Waals surface area contributed by atoms with Crippen LogP contribution < -0.4 is 0 Å². The summed E-state index contributed by atoms with van der Waals surface area (Å²) in [6.07, 6.45) is 0. The Bertz CT molecular complexity index is 611. The quantitative estimate of drug-likeness (QED) is 0.586. The van der Waals surface area contributed by atoms with Crippen molar-refractivity contribution in [3.63, 3.8) is 0 Å². The van der Waals surface area contributed by atoms with Gasteiger partial charge in [-0.3, -0.25) is 0 Å². The van der Waals surface area contributed by atoms with E-state index in [1.54, 1.807) is 25.1 Å². The van der Waals surface area contributed by atoms with Gasteiger partial charge in [-0.1, -0.05) is 23.2 Å². The highest BCUT2D eigenvalue weighted by molar-refractivity contribution is 6.39. The van der Waals surface area contributed by atoms with Gasteiger partial charge >= 0.3 is 5.97 Å². The number of carbonyl (C=O) groups is 1. The van der Waals surface area contributed by atoms with Crippen LogP contribution in [0.2, 0.25) is 10.2 Å². The minimum absolute atomic E-state index is 0.369. The zero-order valence-corrected chi connectivity index (χ0v) is 10.8. The number of aromatic nitrogens is 1. The molecular weight excluding hydrogens is 261 g/mol. The number of ether oxygens (including phenoxy) is 1. The van der Waals surface area contributed by atoms with E-state index in [1.807, 2.05) is 0 Å². The molecule has 0 aliphatic rings. The van der Waals surface area contributed by atoms with Gasteiger partial charge in [0.25, 0.3) is 0 Å². The molecule has 0 saturated carbocycles. The number of benzene rings is 1. The molecular formula is C12H9Cl2NO2. The highest BCUT2D eigenvalue weighted by Gasteiger charge is 2.12. The van der Waals surface area contributed by atoms with Crippen LogP contribution in [0.4, 0.5) is 0 Å². The van der Waals surface area contributed by atoms with Crippen LogP contribution in [0.5, 0.6) is 0 Å². The molecule has 1 heterocycles. The first-order valence-electron chi connectivity index (χ1n) is 4.88. The molecule has 0 atom stereocenters. The van der Waals surface area contributed by atoms with Crippen LogP contribution in [0.3, 0.4) is 0 Å². The largest absolute Gasteiger partial charge is 0.465 e. The second-order valence-corrected chi connectivity index (χ2v) is 4.30. The van der Waals surface area contributed by atoms with E-state index < -0.39 is 5.97 Å². The summed E-state index contributed by atoms with van der Waals surface area (Å²) in [5, 5.41) is 1.57. The summed E-state index contributed by atoms with van der Waals surface area (Å²) in [5.74, 6) is -0.407. The number of methoxy groups -OCH3 is 1. The summed E-state index contributed by atoms with van der Waals surface area (Å²) >= 11 is 12.1. The standard InChI is InChI=1S/C12H9Cl2NO2/c1-6-10(13)8-5-7(12(16)17-2)3-4-9(8)15-11(6)14/h3-5H,1-2H3. The van der Waals surface area contributed by atoms with Crippen molar-refractivity contribution in [2.24, 2.45) is 0 Å². The fourth-order valence-corrected chi connectivity index (χ4v) is 2.01. The number of esters is 1. The number of halogens is 2. The van der Waals surface area contributed by atoms with E-state index in [1.165, 1.54) is 7.11 Å². The Morgan fingerprint density at radius 3 is 2.71 bits per heavy atom. The van der Waals surface area contributed by atoms with E-state index in [9.17, 15) is 4.79 Å². The van der Waals surface area contributed by atoms with Gasteiger partial charge in [0.15, 0.2) is 0 Å². The van der Waals surface area contributed by atoms with E-state index in [4.69, 9.17) is 23.2 Å². The number of pyridine rings is 1. The lowest BCUT2D eigenvalue weighted by atomic mass is 10.1. The highest BCUT2D eigenvalue weighted by atomic mass is 35.5. The van der Waals surface area contributed by atoms with Crippen LogP contribution in [0.15, 0.2) is 18.2 Å². The molecule has 17 heavy (non-hydrogen) atoms. The van der Waals surface area contributed by atoms with Gasteiger partial charge in [-0.25, -0.2) is 9.78 Å². The fourth-order valence-electron chi connectivity index (χ4n) is 1.54. The third kappa shape index (κ3) is 2.08. The topological polar surface area (TPSA) is 39.2 Å². The number of nitrogens with zero attached hydrogens (tertiary/aromatic N) is 1. The first-order chi connectivity index (χ1) is 8.04. The van der Waals surface area contributed by atoms with Gasteiger partial charge < -0.3 is 4.74 Å². The first kappa shape index (κ1) is 12.1. The van der Waals surface area contributed by atoms with E-state index in [0.29, 0.717) is 32.2 Å². The monoisotopic (exact) mass is 269 g/mol. The number of hydrogen-bond acceptors (Lipinski definition) is 3. The third-order valence-corrected chi connectivity index (χ3v) is 3.37. The van der Waals surface area contributed by atoms with Crippen LogP contribution in [-0.2, 0) is 4.74 Å². The Kier molecular flexibility index (Phi) is 3.22. The zero-order chi connectivity index (χ0) is 12.6. The Labute approximate surface area is 108 Å². The molecule has 88 valence electrons. The second-order valence-electron chi connectivity index (χ2n) is 3.57. The Hall–Kier alpha value is -1.32. The van der Waals surface area contributed by atoms with Gasteiger partial charge in [0.2, 0.25) is 0 Å². The van der Waals surface area contributed by atoms with Crippen molar-refractivity contribution in [3.8, 4) is 0 Å². The smallest absolute Gasteiger partial charge is 0.337 e. The predicted octanol–water partition coefficient (Wildman–Crippen LogP) is 3.64. The number of carbonyl (C=O) groups excluding carboxylic acids is 1. The Morgan fingerprint density at radius 2 is 2.06 bits per heavy atom. The van der Waals surface area contributed by atoms with Crippen LogP contribution in [-0.4, -0.2) is 18.1 Å². The van der Waals surface area contributed by atoms with Gasteiger partial charge in [0.1, 0.15) is 5.15 Å². The second kappa shape index (κ2) is 4.51. The van der Waals surface area contributed by atoms with Crippen LogP contribution >= 0.6 is 23.2 Å². The first-order valence-corrected chi connectivity index (χ1v) is 5.64. The normalized spacial score (nSPS) is 10.6. The molecule has 0 spiro atoms. The van der Waals surface area contributed by atoms with Crippen LogP contribution in [0, 0.1) is 6.92 Å².